The number of carbonyl (C=O) groups is 2. The van der Waals surface area contributed by atoms with Crippen molar-refractivity contribution in [2.24, 2.45) is 5.41 Å². The fourth-order valence-electron chi connectivity index (χ4n) is 3.29. The molecule has 2 N–H and O–H groups in total. The molecule has 0 unspecified atom stereocenters. The fourth-order valence-corrected chi connectivity index (χ4v) is 3.29. The smallest absolute Gasteiger partial charge is 0.328 e. The number of hydrogen-bond acceptors (Lipinski definition) is 4. The zero-order chi connectivity index (χ0) is 15.2. The average molecular weight is 280 g/mol. The predicted octanol–water partition coefficient (Wildman–Crippen LogP) is 1.46. The maximum atomic E-state index is 11.8. The molecule has 0 aromatic rings. The van der Waals surface area contributed by atoms with Gasteiger partial charge in [-0.1, -0.05) is 13.0 Å². The van der Waals surface area contributed by atoms with E-state index < -0.39 is 22.6 Å². The van der Waals surface area contributed by atoms with Crippen LogP contribution >= 0.6 is 0 Å². The first-order valence-corrected chi connectivity index (χ1v) is 6.60. The number of ether oxygens (including phenoxy) is 1. The van der Waals surface area contributed by atoms with E-state index in [1.807, 2.05) is 6.92 Å². The molecule has 110 valence electrons. The third-order valence-electron chi connectivity index (χ3n) is 4.50. The first kappa shape index (κ1) is 14.9. The number of ketones is 1. The van der Waals surface area contributed by atoms with Gasteiger partial charge in [0.1, 0.15) is 17.0 Å². The number of fused-ring (bicyclic) bond motifs is 2. The number of carboxylic acid groups (broad SMARTS) is 1. The Bertz CT molecular complexity index is 496. The van der Waals surface area contributed by atoms with Crippen LogP contribution in [0.3, 0.4) is 0 Å². The van der Waals surface area contributed by atoms with Gasteiger partial charge >= 0.3 is 5.97 Å². The van der Waals surface area contributed by atoms with Gasteiger partial charge in [0, 0.05) is 24.3 Å². The van der Waals surface area contributed by atoms with Gasteiger partial charge in [-0.05, 0) is 25.5 Å². The molecule has 2 fully saturated rings. The van der Waals surface area contributed by atoms with Crippen LogP contribution in [0.4, 0.5) is 0 Å². The van der Waals surface area contributed by atoms with E-state index >= 15 is 0 Å². The number of rotatable bonds is 3. The van der Waals surface area contributed by atoms with Crippen molar-refractivity contribution in [2.45, 2.75) is 44.8 Å². The van der Waals surface area contributed by atoms with Crippen molar-refractivity contribution in [3.8, 4) is 0 Å². The molecule has 2 rings (SSSR count). The lowest BCUT2D eigenvalue weighted by atomic mass is 9.59. The molecule has 1 saturated carbocycles. The van der Waals surface area contributed by atoms with Crippen molar-refractivity contribution in [1.82, 2.24) is 0 Å². The average Bonchev–Trinajstić information content (AvgIpc) is 2.43. The van der Waals surface area contributed by atoms with Gasteiger partial charge < -0.3 is 14.9 Å². The summed E-state index contributed by atoms with van der Waals surface area (Å²) in [6.45, 7) is 5.53. The molecular weight excluding hydrogens is 260 g/mol. The highest BCUT2D eigenvalue weighted by atomic mass is 16.5. The Morgan fingerprint density at radius 3 is 2.55 bits per heavy atom. The number of allylic oxidation sites excluding steroid dienone is 2. The standard InChI is InChI=1S/C15H20O5/c1-10(6-12(17)18)4-5-15(19)13(2)7-11(16)8-14(15,3)20-9-13/h4-6,19H,7-9H2,1-3H3,(H,17,18)/b5-4+,10-6-/t13-,14-,15+/m1/s1. The van der Waals surface area contributed by atoms with E-state index in [4.69, 9.17) is 9.84 Å². The fraction of sp³-hybridized carbons (Fsp3) is 0.600. The Balaban J connectivity index is 2.36. The molecule has 1 heterocycles. The molecule has 1 saturated heterocycles. The summed E-state index contributed by atoms with van der Waals surface area (Å²) in [5, 5.41) is 19.7. The minimum absolute atomic E-state index is 0.0865. The lowest BCUT2D eigenvalue weighted by molar-refractivity contribution is -0.151. The summed E-state index contributed by atoms with van der Waals surface area (Å²) in [6.07, 6.45) is 4.67. The molecule has 3 atom stereocenters. The summed E-state index contributed by atoms with van der Waals surface area (Å²) in [5.74, 6) is -0.946. The number of carbonyl (C=O) groups excluding carboxylic acids is 1. The summed E-state index contributed by atoms with van der Waals surface area (Å²) < 4.78 is 5.71. The van der Waals surface area contributed by atoms with Crippen LogP contribution in [-0.2, 0) is 14.3 Å². The lowest BCUT2D eigenvalue weighted by Crippen LogP contribution is -2.60. The molecule has 2 aliphatic rings. The molecule has 0 radical (unpaired) electrons. The second-order valence-electron chi connectivity index (χ2n) is 6.30. The molecule has 2 bridgehead atoms. The van der Waals surface area contributed by atoms with Crippen LogP contribution in [-0.4, -0.2) is 39.8 Å². The van der Waals surface area contributed by atoms with E-state index in [0.717, 1.165) is 6.08 Å². The summed E-state index contributed by atoms with van der Waals surface area (Å²) in [4.78, 5) is 22.4. The van der Waals surface area contributed by atoms with E-state index in [0.29, 0.717) is 12.2 Å². The molecule has 20 heavy (non-hydrogen) atoms. The molecular formula is C15H20O5. The second kappa shape index (κ2) is 4.53. The van der Waals surface area contributed by atoms with Gasteiger partial charge in [-0.3, -0.25) is 4.79 Å². The van der Waals surface area contributed by atoms with Gasteiger partial charge in [0.15, 0.2) is 0 Å². The van der Waals surface area contributed by atoms with Gasteiger partial charge in [0.25, 0.3) is 0 Å². The third-order valence-corrected chi connectivity index (χ3v) is 4.50. The highest BCUT2D eigenvalue weighted by Gasteiger charge is 2.67. The van der Waals surface area contributed by atoms with E-state index in [9.17, 15) is 14.7 Å². The Morgan fingerprint density at radius 2 is 2.00 bits per heavy atom. The summed E-state index contributed by atoms with van der Waals surface area (Å²) in [6, 6.07) is 0. The van der Waals surface area contributed by atoms with Crippen molar-refractivity contribution in [1.29, 1.82) is 0 Å². The van der Waals surface area contributed by atoms with Crippen LogP contribution in [0.5, 0.6) is 0 Å². The van der Waals surface area contributed by atoms with Gasteiger partial charge in [-0.15, -0.1) is 0 Å². The van der Waals surface area contributed by atoms with Crippen molar-refractivity contribution in [3.63, 3.8) is 0 Å². The first-order valence-electron chi connectivity index (χ1n) is 6.60. The number of aliphatic carboxylic acids is 1. The Hall–Kier alpha value is -1.46. The van der Waals surface area contributed by atoms with E-state index in [1.165, 1.54) is 0 Å². The Morgan fingerprint density at radius 1 is 1.35 bits per heavy atom. The maximum Gasteiger partial charge on any atom is 0.328 e. The number of hydrogen-bond donors (Lipinski definition) is 2. The molecule has 0 amide bonds. The molecule has 5 heteroatoms. The van der Waals surface area contributed by atoms with Crippen LogP contribution in [0.15, 0.2) is 23.8 Å². The molecule has 0 spiro atoms. The third kappa shape index (κ3) is 2.11. The number of carboxylic acids is 1. The van der Waals surface area contributed by atoms with E-state index in [1.54, 1.807) is 26.0 Å². The van der Waals surface area contributed by atoms with Gasteiger partial charge in [0.05, 0.1) is 6.61 Å². The summed E-state index contributed by atoms with van der Waals surface area (Å²) in [7, 11) is 0. The minimum Gasteiger partial charge on any atom is -0.478 e. The minimum atomic E-state index is -1.28. The largest absolute Gasteiger partial charge is 0.478 e. The Labute approximate surface area is 117 Å². The second-order valence-corrected chi connectivity index (χ2v) is 6.30. The number of aliphatic hydroxyl groups is 1. The van der Waals surface area contributed by atoms with Crippen molar-refractivity contribution >= 4 is 11.8 Å². The van der Waals surface area contributed by atoms with Crippen LogP contribution in [0, 0.1) is 5.41 Å². The zero-order valence-corrected chi connectivity index (χ0v) is 12.0. The highest BCUT2D eigenvalue weighted by Crippen LogP contribution is 2.56. The first-order chi connectivity index (χ1) is 9.12. The molecule has 1 aliphatic carbocycles. The van der Waals surface area contributed by atoms with E-state index in [-0.39, 0.29) is 18.6 Å². The van der Waals surface area contributed by atoms with Crippen LogP contribution < -0.4 is 0 Å². The van der Waals surface area contributed by atoms with Crippen molar-refractivity contribution in [3.05, 3.63) is 23.8 Å². The zero-order valence-electron chi connectivity index (χ0n) is 12.0. The molecule has 0 aromatic carbocycles. The van der Waals surface area contributed by atoms with E-state index in [2.05, 4.69) is 0 Å². The number of Topliss-reactive ketones (excluding diaryl/α,β-unsaturated/α-hetero) is 1. The highest BCUT2D eigenvalue weighted by molar-refractivity contribution is 5.83. The molecule has 0 aromatic heterocycles. The molecule has 5 nitrogen and oxygen atoms in total. The quantitative estimate of drug-likeness (QED) is 0.604. The van der Waals surface area contributed by atoms with Crippen LogP contribution in [0.1, 0.15) is 33.6 Å². The monoisotopic (exact) mass is 280 g/mol. The van der Waals surface area contributed by atoms with Crippen molar-refractivity contribution < 1.29 is 24.5 Å². The van der Waals surface area contributed by atoms with Crippen LogP contribution in [0.25, 0.3) is 0 Å². The molecule has 1 aliphatic heterocycles. The van der Waals surface area contributed by atoms with Crippen LogP contribution in [0.2, 0.25) is 0 Å². The van der Waals surface area contributed by atoms with Crippen molar-refractivity contribution in [2.75, 3.05) is 6.61 Å². The SMILES string of the molecule is CC(=C/C(=O)O)/C=C/[C@]1(O)[C@@]2(C)CO[C@]1(C)CC(=O)C2. The van der Waals surface area contributed by atoms with Gasteiger partial charge in [-0.2, -0.15) is 0 Å². The maximum absolute atomic E-state index is 11.8. The predicted molar refractivity (Wildman–Crippen MR) is 72.2 cm³/mol. The summed E-state index contributed by atoms with van der Waals surface area (Å²) >= 11 is 0. The van der Waals surface area contributed by atoms with Gasteiger partial charge in [0.2, 0.25) is 0 Å². The normalized spacial score (nSPS) is 41.4. The van der Waals surface area contributed by atoms with Gasteiger partial charge in [-0.25, -0.2) is 4.79 Å². The lowest BCUT2D eigenvalue weighted by Gasteiger charge is -2.47. The Kier molecular flexibility index (Phi) is 3.38. The topological polar surface area (TPSA) is 83.8 Å². The summed E-state index contributed by atoms with van der Waals surface area (Å²) in [5.41, 5.74) is -2.37.